The van der Waals surface area contributed by atoms with Crippen molar-refractivity contribution in [2.45, 2.75) is 58.9 Å². The summed E-state index contributed by atoms with van der Waals surface area (Å²) >= 11 is 0. The Labute approximate surface area is 165 Å². The molecular formula is C23H28N2O3. The quantitative estimate of drug-likeness (QED) is 0.819. The van der Waals surface area contributed by atoms with Crippen molar-refractivity contribution in [3.8, 4) is 0 Å². The topological polar surface area (TPSA) is 68.3 Å². The van der Waals surface area contributed by atoms with Gasteiger partial charge in [-0.25, -0.2) is 4.79 Å². The molecule has 1 N–H and O–H groups in total. The maximum absolute atomic E-state index is 13.1. The first-order valence-corrected chi connectivity index (χ1v) is 10.2. The molecular weight excluding hydrogens is 352 g/mol. The summed E-state index contributed by atoms with van der Waals surface area (Å²) in [5.74, 6) is -0.168. The van der Waals surface area contributed by atoms with E-state index in [0.29, 0.717) is 11.5 Å². The lowest BCUT2D eigenvalue weighted by atomic mass is 9.70. The Morgan fingerprint density at radius 3 is 2.64 bits per heavy atom. The second kappa shape index (κ2) is 7.19. The second-order valence-electron chi connectivity index (χ2n) is 9.15. The summed E-state index contributed by atoms with van der Waals surface area (Å²) in [6, 6.07) is 7.96. The number of hydrogen-bond donors (Lipinski definition) is 1. The molecule has 0 bridgehead atoms. The Kier molecular flexibility index (Phi) is 4.86. The van der Waals surface area contributed by atoms with Crippen LogP contribution in [0.15, 0.2) is 24.3 Å². The molecule has 0 saturated heterocycles. The van der Waals surface area contributed by atoms with Crippen molar-refractivity contribution in [2.75, 3.05) is 6.61 Å². The average Bonchev–Trinajstić information content (AvgIpc) is 3.47. The average molecular weight is 380 g/mol. The van der Waals surface area contributed by atoms with Crippen LogP contribution in [-0.4, -0.2) is 29.5 Å². The standard InChI is InChI=1S/C23H28N2O3/c1-23(2,3)14-8-11-19-17(12-14)21(16-6-4-5-7-18(16)25-19)22(27)28-13-20(26)24-15-9-10-15/h4-7,14-15H,8-13H2,1-3H3,(H,24,26). The molecule has 5 nitrogen and oxygen atoms in total. The molecule has 5 heteroatoms. The Morgan fingerprint density at radius 1 is 1.18 bits per heavy atom. The van der Waals surface area contributed by atoms with E-state index in [0.717, 1.165) is 54.3 Å². The molecule has 1 fully saturated rings. The zero-order valence-corrected chi connectivity index (χ0v) is 16.9. The number of hydrogen-bond acceptors (Lipinski definition) is 4. The first-order valence-electron chi connectivity index (χ1n) is 10.2. The van der Waals surface area contributed by atoms with Crippen LogP contribution in [0.1, 0.15) is 61.6 Å². The molecule has 1 saturated carbocycles. The SMILES string of the molecule is CC(C)(C)C1CCc2nc3ccccc3c(C(=O)OCC(=O)NC3CC3)c2C1. The Morgan fingerprint density at radius 2 is 1.93 bits per heavy atom. The van der Waals surface area contributed by atoms with Crippen LogP contribution in [0.2, 0.25) is 0 Å². The lowest BCUT2D eigenvalue weighted by Crippen LogP contribution is -2.31. The number of nitrogens with one attached hydrogen (secondary N) is 1. The van der Waals surface area contributed by atoms with Crippen LogP contribution < -0.4 is 5.32 Å². The first kappa shape index (κ1) is 18.9. The van der Waals surface area contributed by atoms with Gasteiger partial charge in [0.1, 0.15) is 0 Å². The number of carbonyl (C=O) groups is 2. The molecule has 1 atom stereocenters. The summed E-state index contributed by atoms with van der Waals surface area (Å²) in [6.07, 6.45) is 4.77. The number of esters is 1. The normalized spacial score (nSPS) is 19.2. The third-order valence-corrected chi connectivity index (χ3v) is 5.96. The highest BCUT2D eigenvalue weighted by molar-refractivity contribution is 6.05. The summed E-state index contributed by atoms with van der Waals surface area (Å²) < 4.78 is 5.43. The summed E-state index contributed by atoms with van der Waals surface area (Å²) in [5.41, 5.74) is 3.55. The van der Waals surface area contributed by atoms with Gasteiger partial charge in [0.05, 0.1) is 11.1 Å². The Hall–Kier alpha value is -2.43. The molecule has 1 aromatic heterocycles. The highest BCUT2D eigenvalue weighted by Gasteiger charge is 2.33. The van der Waals surface area contributed by atoms with Crippen LogP contribution >= 0.6 is 0 Å². The van der Waals surface area contributed by atoms with Crippen molar-refractivity contribution >= 4 is 22.8 Å². The second-order valence-corrected chi connectivity index (χ2v) is 9.15. The van der Waals surface area contributed by atoms with Crippen molar-refractivity contribution in [1.29, 1.82) is 0 Å². The number of ether oxygens (including phenoxy) is 1. The fourth-order valence-electron chi connectivity index (χ4n) is 4.06. The van der Waals surface area contributed by atoms with E-state index in [9.17, 15) is 9.59 Å². The van der Waals surface area contributed by atoms with E-state index in [-0.39, 0.29) is 24.0 Å². The lowest BCUT2D eigenvalue weighted by Gasteiger charge is -2.35. The number of aromatic nitrogens is 1. The number of benzene rings is 1. The lowest BCUT2D eigenvalue weighted by molar-refractivity contribution is -0.124. The molecule has 1 unspecified atom stereocenters. The van der Waals surface area contributed by atoms with E-state index in [2.05, 4.69) is 26.1 Å². The number of amides is 1. The van der Waals surface area contributed by atoms with Crippen LogP contribution in [0.25, 0.3) is 10.9 Å². The monoisotopic (exact) mass is 380 g/mol. The zero-order chi connectivity index (χ0) is 19.9. The number of pyridine rings is 1. The van der Waals surface area contributed by atoms with E-state index in [1.54, 1.807) is 0 Å². The van der Waals surface area contributed by atoms with Gasteiger partial charge in [-0.3, -0.25) is 9.78 Å². The summed E-state index contributed by atoms with van der Waals surface area (Å²) in [6.45, 7) is 6.51. The third kappa shape index (κ3) is 3.89. The van der Waals surface area contributed by atoms with E-state index >= 15 is 0 Å². The summed E-state index contributed by atoms with van der Waals surface area (Å²) in [7, 11) is 0. The van der Waals surface area contributed by atoms with Crippen molar-refractivity contribution in [1.82, 2.24) is 10.3 Å². The van der Waals surface area contributed by atoms with Crippen molar-refractivity contribution in [3.05, 3.63) is 41.1 Å². The molecule has 0 radical (unpaired) electrons. The first-order chi connectivity index (χ1) is 13.3. The van der Waals surface area contributed by atoms with Gasteiger partial charge >= 0.3 is 5.97 Å². The fourth-order valence-corrected chi connectivity index (χ4v) is 4.06. The maximum atomic E-state index is 13.1. The molecule has 1 heterocycles. The number of fused-ring (bicyclic) bond motifs is 2. The van der Waals surface area contributed by atoms with E-state index in [4.69, 9.17) is 9.72 Å². The smallest absolute Gasteiger partial charge is 0.339 e. The molecule has 2 aromatic rings. The molecule has 4 rings (SSSR count). The molecule has 1 aromatic carbocycles. The van der Waals surface area contributed by atoms with Gasteiger partial charge in [-0.1, -0.05) is 39.0 Å². The van der Waals surface area contributed by atoms with Gasteiger partial charge in [-0.05, 0) is 55.1 Å². The van der Waals surface area contributed by atoms with E-state index in [1.807, 2.05) is 24.3 Å². The maximum Gasteiger partial charge on any atom is 0.339 e. The minimum Gasteiger partial charge on any atom is -0.452 e. The van der Waals surface area contributed by atoms with Crippen LogP contribution in [0.3, 0.4) is 0 Å². The fraction of sp³-hybridized carbons (Fsp3) is 0.522. The third-order valence-electron chi connectivity index (χ3n) is 5.96. The molecule has 1 amide bonds. The molecule has 2 aliphatic rings. The van der Waals surface area contributed by atoms with Gasteiger partial charge in [0.15, 0.2) is 6.61 Å². The predicted molar refractivity (Wildman–Crippen MR) is 108 cm³/mol. The van der Waals surface area contributed by atoms with Gasteiger partial charge in [-0.2, -0.15) is 0 Å². The molecule has 2 aliphatic carbocycles. The summed E-state index contributed by atoms with van der Waals surface area (Å²) in [5, 5.41) is 3.67. The number of para-hydroxylation sites is 1. The molecule has 0 spiro atoms. The van der Waals surface area contributed by atoms with Crippen molar-refractivity contribution in [3.63, 3.8) is 0 Å². The van der Waals surface area contributed by atoms with Crippen LogP contribution in [0, 0.1) is 11.3 Å². The van der Waals surface area contributed by atoms with Crippen molar-refractivity contribution < 1.29 is 14.3 Å². The largest absolute Gasteiger partial charge is 0.452 e. The zero-order valence-electron chi connectivity index (χ0n) is 16.9. The van der Waals surface area contributed by atoms with Crippen molar-refractivity contribution in [2.24, 2.45) is 11.3 Å². The number of nitrogens with zero attached hydrogens (tertiary/aromatic N) is 1. The van der Waals surface area contributed by atoms with Gasteiger partial charge in [0, 0.05) is 17.1 Å². The van der Waals surface area contributed by atoms with Gasteiger partial charge in [0.25, 0.3) is 5.91 Å². The van der Waals surface area contributed by atoms with E-state index in [1.165, 1.54) is 0 Å². The van der Waals surface area contributed by atoms with Crippen LogP contribution in [0.5, 0.6) is 0 Å². The predicted octanol–water partition coefficient (Wildman–Crippen LogP) is 3.82. The number of rotatable bonds is 4. The van der Waals surface area contributed by atoms with E-state index < -0.39 is 5.97 Å². The van der Waals surface area contributed by atoms with Gasteiger partial charge in [0.2, 0.25) is 0 Å². The van der Waals surface area contributed by atoms with Crippen LogP contribution in [-0.2, 0) is 22.4 Å². The van der Waals surface area contributed by atoms with Gasteiger partial charge in [-0.15, -0.1) is 0 Å². The molecule has 148 valence electrons. The number of carbonyl (C=O) groups excluding carboxylic acids is 2. The van der Waals surface area contributed by atoms with Crippen LogP contribution in [0.4, 0.5) is 0 Å². The highest BCUT2D eigenvalue weighted by Crippen LogP contribution is 2.39. The number of aryl methyl sites for hydroxylation is 1. The Bertz CT molecular complexity index is 925. The minimum atomic E-state index is -0.421. The Balaban J connectivity index is 1.66. The molecule has 0 aliphatic heterocycles. The minimum absolute atomic E-state index is 0.161. The molecule has 28 heavy (non-hydrogen) atoms. The highest BCUT2D eigenvalue weighted by atomic mass is 16.5. The summed E-state index contributed by atoms with van der Waals surface area (Å²) in [4.78, 5) is 29.9. The van der Waals surface area contributed by atoms with Gasteiger partial charge < -0.3 is 10.1 Å².